The molecule has 4 rings (SSSR count). The van der Waals surface area contributed by atoms with Crippen LogP contribution < -0.4 is 11.1 Å². The van der Waals surface area contributed by atoms with E-state index in [0.717, 1.165) is 28.6 Å². The average Bonchev–Trinajstić information content (AvgIpc) is 3.06. The van der Waals surface area contributed by atoms with Gasteiger partial charge in [0, 0.05) is 23.2 Å². The highest BCUT2D eigenvalue weighted by atomic mass is 32.2. The van der Waals surface area contributed by atoms with Gasteiger partial charge in [0.2, 0.25) is 0 Å². The Hall–Kier alpha value is -1.98. The lowest BCUT2D eigenvalue weighted by Gasteiger charge is -2.29. The highest BCUT2D eigenvalue weighted by Crippen LogP contribution is 2.32. The highest BCUT2D eigenvalue weighted by Gasteiger charge is 2.21. The lowest BCUT2D eigenvalue weighted by Crippen LogP contribution is -2.34. The lowest BCUT2D eigenvalue weighted by molar-refractivity contribution is 0.348. The monoisotopic (exact) mass is 368 g/mol. The van der Waals surface area contributed by atoms with Gasteiger partial charge < -0.3 is 9.73 Å². The quantitative estimate of drug-likeness (QED) is 0.496. The van der Waals surface area contributed by atoms with Crippen LogP contribution in [0.1, 0.15) is 37.2 Å². The summed E-state index contributed by atoms with van der Waals surface area (Å²) < 4.78 is 5.12. The van der Waals surface area contributed by atoms with Crippen LogP contribution >= 0.6 is 11.8 Å². The van der Waals surface area contributed by atoms with E-state index in [0.29, 0.717) is 11.6 Å². The smallest absolute Gasteiger partial charge is 0.408 e. The molecule has 1 aromatic heterocycles. The molecule has 0 amide bonds. The van der Waals surface area contributed by atoms with Crippen molar-refractivity contribution in [2.45, 2.75) is 42.5 Å². The Morgan fingerprint density at radius 1 is 1.08 bits per heavy atom. The van der Waals surface area contributed by atoms with Crippen LogP contribution in [0, 0.1) is 0 Å². The first-order valence-corrected chi connectivity index (χ1v) is 10.3. The molecule has 0 aliphatic heterocycles. The molecule has 4 nitrogen and oxygen atoms in total. The molecule has 26 heavy (non-hydrogen) atoms. The van der Waals surface area contributed by atoms with Gasteiger partial charge in [0.1, 0.15) is 0 Å². The Morgan fingerprint density at radius 2 is 1.88 bits per heavy atom. The van der Waals surface area contributed by atoms with E-state index in [-0.39, 0.29) is 0 Å². The molecule has 1 aliphatic carbocycles. The fraction of sp³-hybridized carbons (Fsp3) is 0.381. The second-order valence-electron chi connectivity index (χ2n) is 6.93. The number of fused-ring (bicyclic) bond motifs is 1. The third-order valence-electron chi connectivity index (χ3n) is 5.19. The summed E-state index contributed by atoms with van der Waals surface area (Å²) in [6.07, 6.45) is 5.06. The van der Waals surface area contributed by atoms with Crippen molar-refractivity contribution in [3.05, 3.63) is 64.6 Å². The third-order valence-corrected chi connectivity index (χ3v) is 6.19. The molecule has 0 unspecified atom stereocenters. The van der Waals surface area contributed by atoms with Crippen LogP contribution in [0.4, 0.5) is 0 Å². The normalized spacial score (nSPS) is 20.5. The van der Waals surface area contributed by atoms with Crippen LogP contribution in [0.15, 0.2) is 62.6 Å². The van der Waals surface area contributed by atoms with Crippen LogP contribution in [0.5, 0.6) is 0 Å². The topological polar surface area (TPSA) is 58.0 Å². The lowest BCUT2D eigenvalue weighted by atomic mass is 9.82. The average molecular weight is 369 g/mol. The van der Waals surface area contributed by atoms with Crippen molar-refractivity contribution >= 4 is 22.9 Å². The maximum atomic E-state index is 11.2. The van der Waals surface area contributed by atoms with Gasteiger partial charge in [-0.25, -0.2) is 4.79 Å². The Morgan fingerprint density at radius 3 is 2.69 bits per heavy atom. The van der Waals surface area contributed by atoms with Gasteiger partial charge in [0.15, 0.2) is 5.58 Å². The summed E-state index contributed by atoms with van der Waals surface area (Å²) in [7, 11) is 0. The molecule has 1 aliphatic rings. The van der Waals surface area contributed by atoms with Gasteiger partial charge in [0.05, 0.1) is 5.52 Å². The van der Waals surface area contributed by atoms with Crippen molar-refractivity contribution in [1.82, 2.24) is 10.3 Å². The fourth-order valence-corrected chi connectivity index (χ4v) is 4.61. The summed E-state index contributed by atoms with van der Waals surface area (Å²) in [5, 5.41) is 3.70. The number of aromatic nitrogens is 1. The SMILES string of the molecule is O=c1[nH]c2ccc(SCCNC3CCC(c4ccccc4)CC3)cc2o1. The molecule has 0 spiro atoms. The van der Waals surface area contributed by atoms with E-state index >= 15 is 0 Å². The van der Waals surface area contributed by atoms with Crippen molar-refractivity contribution in [2.24, 2.45) is 0 Å². The van der Waals surface area contributed by atoms with Crippen molar-refractivity contribution in [3.8, 4) is 0 Å². The summed E-state index contributed by atoms with van der Waals surface area (Å²) in [5.41, 5.74) is 2.88. The van der Waals surface area contributed by atoms with E-state index in [2.05, 4.69) is 40.6 Å². The minimum atomic E-state index is -0.394. The fourth-order valence-electron chi connectivity index (χ4n) is 3.80. The highest BCUT2D eigenvalue weighted by molar-refractivity contribution is 7.99. The van der Waals surface area contributed by atoms with Gasteiger partial charge in [0.25, 0.3) is 0 Å². The molecule has 1 heterocycles. The summed E-state index contributed by atoms with van der Waals surface area (Å²) in [6, 6.07) is 17.4. The summed E-state index contributed by atoms with van der Waals surface area (Å²) in [6.45, 7) is 1.00. The Bertz CT molecular complexity index is 895. The standard InChI is InChI=1S/C21H24N2O2S/c24-21-23-19-11-10-18(14-20(19)25-21)26-13-12-22-17-8-6-16(7-9-17)15-4-2-1-3-5-15/h1-5,10-11,14,16-17,22H,6-9,12-13H2,(H,23,24). The summed E-state index contributed by atoms with van der Waals surface area (Å²) >= 11 is 1.79. The first-order chi connectivity index (χ1) is 12.8. The molecule has 2 N–H and O–H groups in total. The van der Waals surface area contributed by atoms with E-state index in [1.165, 1.54) is 31.2 Å². The molecular formula is C21H24N2O2S. The van der Waals surface area contributed by atoms with Crippen molar-refractivity contribution < 1.29 is 4.42 Å². The van der Waals surface area contributed by atoms with Crippen LogP contribution in [-0.4, -0.2) is 23.3 Å². The van der Waals surface area contributed by atoms with E-state index in [1.54, 1.807) is 11.8 Å². The van der Waals surface area contributed by atoms with Gasteiger partial charge in [-0.05, 0) is 55.4 Å². The molecule has 0 radical (unpaired) electrons. The Kier molecular flexibility index (Phi) is 5.46. The molecule has 0 bridgehead atoms. The van der Waals surface area contributed by atoms with Gasteiger partial charge in [-0.15, -0.1) is 11.8 Å². The van der Waals surface area contributed by atoms with E-state index in [9.17, 15) is 4.79 Å². The number of hydrogen-bond donors (Lipinski definition) is 2. The van der Waals surface area contributed by atoms with Crippen molar-refractivity contribution in [3.63, 3.8) is 0 Å². The van der Waals surface area contributed by atoms with Crippen LogP contribution in [0.2, 0.25) is 0 Å². The van der Waals surface area contributed by atoms with E-state index < -0.39 is 5.76 Å². The molecule has 2 aromatic carbocycles. The number of benzene rings is 2. The first kappa shape index (κ1) is 17.4. The van der Waals surface area contributed by atoms with Gasteiger partial charge >= 0.3 is 5.76 Å². The number of thioether (sulfide) groups is 1. The minimum Gasteiger partial charge on any atom is -0.408 e. The maximum Gasteiger partial charge on any atom is 0.417 e. The van der Waals surface area contributed by atoms with Crippen LogP contribution in [0.25, 0.3) is 11.1 Å². The zero-order chi connectivity index (χ0) is 17.8. The number of rotatable bonds is 6. The summed E-state index contributed by atoms with van der Waals surface area (Å²) in [5.74, 6) is 1.35. The Balaban J connectivity index is 1.20. The number of nitrogens with one attached hydrogen (secondary N) is 2. The molecule has 136 valence electrons. The predicted molar refractivity (Wildman–Crippen MR) is 107 cm³/mol. The number of hydrogen-bond acceptors (Lipinski definition) is 4. The second-order valence-corrected chi connectivity index (χ2v) is 8.10. The molecule has 1 fully saturated rings. The molecule has 3 aromatic rings. The molecular weight excluding hydrogens is 344 g/mol. The van der Waals surface area contributed by atoms with E-state index in [4.69, 9.17) is 4.42 Å². The van der Waals surface area contributed by atoms with Crippen LogP contribution in [0.3, 0.4) is 0 Å². The number of aromatic amines is 1. The minimum absolute atomic E-state index is 0.394. The molecule has 1 saturated carbocycles. The first-order valence-electron chi connectivity index (χ1n) is 9.32. The van der Waals surface area contributed by atoms with Gasteiger partial charge in [-0.1, -0.05) is 30.3 Å². The molecule has 0 atom stereocenters. The summed E-state index contributed by atoms with van der Waals surface area (Å²) in [4.78, 5) is 15.0. The Labute approximate surface area is 157 Å². The number of H-pyrrole nitrogens is 1. The third kappa shape index (κ3) is 4.22. The zero-order valence-corrected chi connectivity index (χ0v) is 15.6. The van der Waals surface area contributed by atoms with Crippen molar-refractivity contribution in [2.75, 3.05) is 12.3 Å². The van der Waals surface area contributed by atoms with E-state index in [1.807, 2.05) is 18.2 Å². The predicted octanol–water partition coefficient (Wildman–Crippen LogP) is 4.53. The zero-order valence-electron chi connectivity index (χ0n) is 14.7. The largest absolute Gasteiger partial charge is 0.417 e. The van der Waals surface area contributed by atoms with Gasteiger partial charge in [-0.2, -0.15) is 0 Å². The van der Waals surface area contributed by atoms with Crippen molar-refractivity contribution in [1.29, 1.82) is 0 Å². The number of oxazole rings is 1. The maximum absolute atomic E-state index is 11.2. The van der Waals surface area contributed by atoms with Gasteiger partial charge in [-0.3, -0.25) is 4.98 Å². The van der Waals surface area contributed by atoms with Crippen LogP contribution in [-0.2, 0) is 0 Å². The molecule has 0 saturated heterocycles. The second kappa shape index (κ2) is 8.14. The molecule has 5 heteroatoms.